The van der Waals surface area contributed by atoms with Gasteiger partial charge in [-0.05, 0) is 48.4 Å². The summed E-state index contributed by atoms with van der Waals surface area (Å²) in [5.74, 6) is 2.58. The van der Waals surface area contributed by atoms with Gasteiger partial charge >= 0.3 is 0 Å². The van der Waals surface area contributed by atoms with Gasteiger partial charge in [0.25, 0.3) is 5.91 Å². The van der Waals surface area contributed by atoms with Crippen LogP contribution in [-0.2, 0) is 0 Å². The quantitative estimate of drug-likeness (QED) is 0.565. The van der Waals surface area contributed by atoms with E-state index in [0.29, 0.717) is 10.8 Å². The lowest BCUT2D eigenvalue weighted by atomic mass is 10.1. The van der Waals surface area contributed by atoms with Crippen LogP contribution in [0.15, 0.2) is 84.9 Å². The molecular formula is C24H23NO2S. The number of rotatable bonds is 4. The van der Waals surface area contributed by atoms with Crippen molar-refractivity contribution < 1.29 is 9.53 Å². The largest absolute Gasteiger partial charge is 0.457 e. The summed E-state index contributed by atoms with van der Waals surface area (Å²) in [5.41, 5.74) is 2.06. The Hall–Kier alpha value is -2.72. The highest BCUT2D eigenvalue weighted by molar-refractivity contribution is 7.99. The molecule has 0 aromatic heterocycles. The van der Waals surface area contributed by atoms with Gasteiger partial charge in [-0.2, -0.15) is 11.8 Å². The Morgan fingerprint density at radius 2 is 1.46 bits per heavy atom. The molecular weight excluding hydrogens is 366 g/mol. The van der Waals surface area contributed by atoms with E-state index < -0.39 is 0 Å². The van der Waals surface area contributed by atoms with E-state index in [1.165, 1.54) is 5.56 Å². The summed E-state index contributed by atoms with van der Waals surface area (Å²) >= 11 is 1.94. The third kappa shape index (κ3) is 4.57. The van der Waals surface area contributed by atoms with Crippen molar-refractivity contribution in [1.82, 2.24) is 4.90 Å². The van der Waals surface area contributed by atoms with Gasteiger partial charge < -0.3 is 9.64 Å². The number of para-hydroxylation sites is 1. The Morgan fingerprint density at radius 1 is 0.821 bits per heavy atom. The smallest absolute Gasteiger partial charge is 0.253 e. The third-order valence-electron chi connectivity index (χ3n) is 4.88. The summed E-state index contributed by atoms with van der Waals surface area (Å²) in [6, 6.07) is 27.7. The lowest BCUT2D eigenvalue weighted by Crippen LogP contribution is -2.32. The molecule has 0 saturated carbocycles. The average molecular weight is 390 g/mol. The van der Waals surface area contributed by atoms with Crippen LogP contribution in [0, 0.1) is 0 Å². The molecule has 1 amide bonds. The van der Waals surface area contributed by atoms with Crippen molar-refractivity contribution in [1.29, 1.82) is 0 Å². The number of benzene rings is 3. The molecule has 0 radical (unpaired) electrons. The second kappa shape index (κ2) is 8.98. The van der Waals surface area contributed by atoms with E-state index >= 15 is 0 Å². The zero-order valence-electron chi connectivity index (χ0n) is 15.7. The van der Waals surface area contributed by atoms with E-state index in [1.54, 1.807) is 0 Å². The van der Waals surface area contributed by atoms with Crippen LogP contribution in [0.4, 0.5) is 0 Å². The molecule has 142 valence electrons. The van der Waals surface area contributed by atoms with Gasteiger partial charge in [-0.1, -0.05) is 48.5 Å². The zero-order valence-corrected chi connectivity index (χ0v) is 16.5. The monoisotopic (exact) mass is 389 g/mol. The molecule has 3 nitrogen and oxygen atoms in total. The summed E-state index contributed by atoms with van der Waals surface area (Å²) in [4.78, 5) is 14.9. The van der Waals surface area contributed by atoms with Crippen LogP contribution >= 0.6 is 11.8 Å². The highest BCUT2D eigenvalue weighted by Gasteiger charge is 2.22. The predicted octanol–water partition coefficient (Wildman–Crippen LogP) is 5.80. The molecule has 0 aliphatic carbocycles. The minimum atomic E-state index is 0.0978. The number of nitrogens with zero attached hydrogens (tertiary/aromatic N) is 1. The van der Waals surface area contributed by atoms with E-state index in [-0.39, 0.29) is 5.91 Å². The molecule has 1 aliphatic heterocycles. The molecule has 3 aromatic rings. The molecule has 0 bridgehead atoms. The fourth-order valence-electron chi connectivity index (χ4n) is 3.38. The van der Waals surface area contributed by atoms with Crippen molar-refractivity contribution in [2.24, 2.45) is 0 Å². The third-order valence-corrected chi connectivity index (χ3v) is 6.21. The first-order valence-electron chi connectivity index (χ1n) is 9.58. The first-order valence-corrected chi connectivity index (χ1v) is 10.6. The Labute approximate surface area is 170 Å². The molecule has 28 heavy (non-hydrogen) atoms. The summed E-state index contributed by atoms with van der Waals surface area (Å²) in [6.07, 6.45) is 0.982. The molecule has 1 atom stereocenters. The molecule has 1 unspecified atom stereocenters. The fraction of sp³-hybridized carbons (Fsp3) is 0.208. The molecule has 1 aliphatic rings. The highest BCUT2D eigenvalue weighted by Crippen LogP contribution is 2.34. The molecule has 1 fully saturated rings. The van der Waals surface area contributed by atoms with Gasteiger partial charge in [0.2, 0.25) is 0 Å². The minimum Gasteiger partial charge on any atom is -0.457 e. The summed E-state index contributed by atoms with van der Waals surface area (Å²) < 4.78 is 5.81. The van der Waals surface area contributed by atoms with Gasteiger partial charge in [0.05, 0.1) is 0 Å². The predicted molar refractivity (Wildman–Crippen MR) is 115 cm³/mol. The van der Waals surface area contributed by atoms with E-state index in [1.807, 2.05) is 77.3 Å². The summed E-state index contributed by atoms with van der Waals surface area (Å²) in [5, 5.41) is 0.459. The normalized spacial score (nSPS) is 17.0. The fourth-order valence-corrected chi connectivity index (χ4v) is 4.61. The molecule has 0 spiro atoms. The van der Waals surface area contributed by atoms with Crippen molar-refractivity contribution >= 4 is 17.7 Å². The van der Waals surface area contributed by atoms with Gasteiger partial charge in [-0.15, -0.1) is 0 Å². The Bertz CT molecular complexity index is 897. The van der Waals surface area contributed by atoms with Gasteiger partial charge in [-0.25, -0.2) is 0 Å². The van der Waals surface area contributed by atoms with Crippen LogP contribution in [0.2, 0.25) is 0 Å². The summed E-state index contributed by atoms with van der Waals surface area (Å²) in [6.45, 7) is 1.57. The Kier molecular flexibility index (Phi) is 5.98. The molecule has 4 rings (SSSR count). The van der Waals surface area contributed by atoms with Gasteiger partial charge in [-0.3, -0.25) is 4.79 Å². The lowest BCUT2D eigenvalue weighted by Gasteiger charge is -2.20. The number of ether oxygens (including phenoxy) is 1. The number of carbonyl (C=O) groups excluding carboxylic acids is 1. The standard InChI is InChI=1S/C24H23NO2S/c26-24(20-11-13-22(14-12-20)27-21-9-5-2-6-10-21)25-16-15-23(28-18-17-25)19-7-3-1-4-8-19/h1-14,23H,15-18H2. The molecule has 0 N–H and O–H groups in total. The second-order valence-electron chi connectivity index (χ2n) is 6.79. The maximum Gasteiger partial charge on any atom is 0.253 e. The zero-order chi connectivity index (χ0) is 19.2. The van der Waals surface area contributed by atoms with Crippen LogP contribution in [0.1, 0.15) is 27.6 Å². The van der Waals surface area contributed by atoms with Crippen LogP contribution in [0.5, 0.6) is 11.5 Å². The van der Waals surface area contributed by atoms with Crippen molar-refractivity contribution in [2.75, 3.05) is 18.8 Å². The molecule has 4 heteroatoms. The van der Waals surface area contributed by atoms with E-state index in [4.69, 9.17) is 4.74 Å². The number of hydrogen-bond acceptors (Lipinski definition) is 3. The first-order chi connectivity index (χ1) is 13.8. The van der Waals surface area contributed by atoms with Gasteiger partial charge in [0.1, 0.15) is 11.5 Å². The number of amides is 1. The summed E-state index contributed by atoms with van der Waals surface area (Å²) in [7, 11) is 0. The van der Waals surface area contributed by atoms with Crippen molar-refractivity contribution in [2.45, 2.75) is 11.7 Å². The minimum absolute atomic E-state index is 0.0978. The van der Waals surface area contributed by atoms with E-state index in [0.717, 1.165) is 36.8 Å². The van der Waals surface area contributed by atoms with Crippen molar-refractivity contribution in [3.63, 3.8) is 0 Å². The average Bonchev–Trinajstić information content (AvgIpc) is 3.02. The Balaban J connectivity index is 1.39. The highest BCUT2D eigenvalue weighted by atomic mass is 32.2. The Morgan fingerprint density at radius 3 is 2.18 bits per heavy atom. The molecule has 1 heterocycles. The molecule has 1 saturated heterocycles. The first kappa shape index (κ1) is 18.6. The van der Waals surface area contributed by atoms with Gasteiger partial charge in [0.15, 0.2) is 0 Å². The van der Waals surface area contributed by atoms with Crippen LogP contribution in [0.25, 0.3) is 0 Å². The number of thioether (sulfide) groups is 1. The maximum absolute atomic E-state index is 12.9. The number of hydrogen-bond donors (Lipinski definition) is 0. The van der Waals surface area contributed by atoms with Crippen molar-refractivity contribution in [3.8, 4) is 11.5 Å². The molecule has 3 aromatic carbocycles. The van der Waals surface area contributed by atoms with Crippen molar-refractivity contribution in [3.05, 3.63) is 96.1 Å². The topological polar surface area (TPSA) is 29.5 Å². The van der Waals surface area contributed by atoms with E-state index in [2.05, 4.69) is 24.3 Å². The lowest BCUT2D eigenvalue weighted by molar-refractivity contribution is 0.0766. The number of carbonyl (C=O) groups is 1. The van der Waals surface area contributed by atoms with Crippen LogP contribution in [-0.4, -0.2) is 29.6 Å². The SMILES string of the molecule is O=C(c1ccc(Oc2ccccc2)cc1)N1CCSC(c2ccccc2)CC1. The van der Waals surface area contributed by atoms with Gasteiger partial charge in [0, 0.05) is 29.7 Å². The maximum atomic E-state index is 12.9. The van der Waals surface area contributed by atoms with Crippen LogP contribution < -0.4 is 4.74 Å². The van der Waals surface area contributed by atoms with Crippen LogP contribution in [0.3, 0.4) is 0 Å². The second-order valence-corrected chi connectivity index (χ2v) is 8.10. The van der Waals surface area contributed by atoms with E-state index in [9.17, 15) is 4.79 Å².